The third-order valence-corrected chi connectivity index (χ3v) is 7.05. The van der Waals surface area contributed by atoms with Crippen LogP contribution in [-0.2, 0) is 10.0 Å². The zero-order chi connectivity index (χ0) is 22.6. The zero-order valence-electron chi connectivity index (χ0n) is 17.9. The summed E-state index contributed by atoms with van der Waals surface area (Å²) in [6, 6.07) is 8.17. The van der Waals surface area contributed by atoms with Crippen molar-refractivity contribution in [1.82, 2.24) is 4.72 Å². The normalized spacial score (nSPS) is 14.8. The highest BCUT2D eigenvalue weighted by atomic mass is 32.2. The van der Waals surface area contributed by atoms with Crippen LogP contribution >= 0.6 is 0 Å². The first-order valence-electron chi connectivity index (χ1n) is 9.77. The average Bonchev–Trinajstić information content (AvgIpc) is 2.69. The number of aliphatic hydroxyl groups excluding tert-OH is 1. The summed E-state index contributed by atoms with van der Waals surface area (Å²) in [7, 11) is -3.87. The van der Waals surface area contributed by atoms with Crippen LogP contribution in [0.3, 0.4) is 0 Å². The number of sulfonamides is 1. The van der Waals surface area contributed by atoms with Crippen molar-refractivity contribution in [2.24, 2.45) is 11.8 Å². The largest absolute Gasteiger partial charge is 0.396 e. The SMILES string of the molecule is Cc1cc(NC(=O)c2cc(S(=O)(=O)NC(C)C(C)C(C)CO)ccc2C)ccc1F. The van der Waals surface area contributed by atoms with E-state index in [9.17, 15) is 22.7 Å². The predicted octanol–water partition coefficient (Wildman–Crippen LogP) is 3.63. The molecular weight excluding hydrogens is 407 g/mol. The Morgan fingerprint density at radius 1 is 1.07 bits per heavy atom. The van der Waals surface area contributed by atoms with Crippen molar-refractivity contribution in [2.45, 2.75) is 45.6 Å². The molecule has 2 rings (SSSR count). The number of aliphatic hydroxyl groups is 1. The minimum absolute atomic E-state index is 0.0239. The number of carbonyl (C=O) groups excluding carboxylic acids is 1. The molecule has 6 nitrogen and oxygen atoms in total. The Kier molecular flexibility index (Phi) is 7.74. The Hall–Kier alpha value is -2.29. The summed E-state index contributed by atoms with van der Waals surface area (Å²) in [6.07, 6.45) is 0. The van der Waals surface area contributed by atoms with Gasteiger partial charge in [0.2, 0.25) is 10.0 Å². The molecule has 0 spiro atoms. The van der Waals surface area contributed by atoms with E-state index < -0.39 is 22.0 Å². The standard InChI is InChI=1S/C22H29FN2O4S/c1-13-6-8-19(30(28,29)25-17(5)16(4)15(3)12-26)11-20(13)22(27)24-18-7-9-21(23)14(2)10-18/h6-11,15-17,25-26H,12H2,1-5H3,(H,24,27). The van der Waals surface area contributed by atoms with Gasteiger partial charge in [-0.3, -0.25) is 4.79 Å². The first kappa shape index (κ1) is 24.0. The lowest BCUT2D eigenvalue weighted by Gasteiger charge is -2.25. The van der Waals surface area contributed by atoms with Gasteiger partial charge in [-0.1, -0.05) is 19.9 Å². The molecule has 3 unspecified atom stereocenters. The second-order valence-electron chi connectivity index (χ2n) is 7.82. The zero-order valence-corrected chi connectivity index (χ0v) is 18.7. The van der Waals surface area contributed by atoms with E-state index in [1.165, 1.54) is 30.3 Å². The van der Waals surface area contributed by atoms with Gasteiger partial charge in [-0.15, -0.1) is 0 Å². The summed E-state index contributed by atoms with van der Waals surface area (Å²) >= 11 is 0. The van der Waals surface area contributed by atoms with Crippen LogP contribution in [0.2, 0.25) is 0 Å². The van der Waals surface area contributed by atoms with Gasteiger partial charge in [0, 0.05) is 23.9 Å². The predicted molar refractivity (Wildman–Crippen MR) is 115 cm³/mol. The molecule has 0 saturated heterocycles. The van der Waals surface area contributed by atoms with Crippen LogP contribution < -0.4 is 10.0 Å². The molecule has 30 heavy (non-hydrogen) atoms. The molecule has 2 aromatic rings. The van der Waals surface area contributed by atoms with Crippen molar-refractivity contribution in [3.8, 4) is 0 Å². The lowest BCUT2D eigenvalue weighted by Crippen LogP contribution is -2.40. The van der Waals surface area contributed by atoms with E-state index in [1.54, 1.807) is 26.8 Å². The first-order chi connectivity index (χ1) is 14.0. The van der Waals surface area contributed by atoms with E-state index in [0.717, 1.165) is 0 Å². The van der Waals surface area contributed by atoms with Gasteiger partial charge in [-0.05, 0) is 74.1 Å². The quantitative estimate of drug-likeness (QED) is 0.589. The number of hydrogen-bond donors (Lipinski definition) is 3. The van der Waals surface area contributed by atoms with E-state index in [1.807, 2.05) is 13.8 Å². The Balaban J connectivity index is 2.26. The Morgan fingerprint density at radius 3 is 2.33 bits per heavy atom. The summed E-state index contributed by atoms with van der Waals surface area (Å²) in [5.41, 5.74) is 1.64. The molecular formula is C22H29FN2O4S. The molecule has 8 heteroatoms. The van der Waals surface area contributed by atoms with E-state index in [2.05, 4.69) is 10.0 Å². The van der Waals surface area contributed by atoms with Crippen LogP contribution in [0.1, 0.15) is 42.3 Å². The van der Waals surface area contributed by atoms with E-state index >= 15 is 0 Å². The van der Waals surface area contributed by atoms with Crippen LogP contribution in [0.15, 0.2) is 41.3 Å². The first-order valence-corrected chi connectivity index (χ1v) is 11.3. The highest BCUT2D eigenvalue weighted by molar-refractivity contribution is 7.89. The lowest BCUT2D eigenvalue weighted by atomic mass is 9.91. The molecule has 0 aromatic heterocycles. The summed E-state index contributed by atoms with van der Waals surface area (Å²) in [4.78, 5) is 12.7. The third kappa shape index (κ3) is 5.65. The number of aryl methyl sites for hydroxylation is 2. The molecule has 0 bridgehead atoms. The number of benzene rings is 2. The van der Waals surface area contributed by atoms with Crippen LogP contribution in [0.4, 0.5) is 10.1 Å². The summed E-state index contributed by atoms with van der Waals surface area (Å²) in [5.74, 6) is -1.01. The Bertz CT molecular complexity index is 1020. The van der Waals surface area contributed by atoms with Crippen molar-refractivity contribution in [3.63, 3.8) is 0 Å². The number of hydrogen-bond acceptors (Lipinski definition) is 4. The number of halogens is 1. The highest BCUT2D eigenvalue weighted by Gasteiger charge is 2.25. The van der Waals surface area contributed by atoms with Crippen LogP contribution in [0, 0.1) is 31.5 Å². The van der Waals surface area contributed by atoms with Crippen molar-refractivity contribution in [3.05, 3.63) is 58.9 Å². The highest BCUT2D eigenvalue weighted by Crippen LogP contribution is 2.21. The van der Waals surface area contributed by atoms with Crippen molar-refractivity contribution in [1.29, 1.82) is 0 Å². The number of carbonyl (C=O) groups is 1. The fraction of sp³-hybridized carbons (Fsp3) is 0.409. The van der Waals surface area contributed by atoms with Gasteiger partial charge >= 0.3 is 0 Å². The Morgan fingerprint density at radius 2 is 1.73 bits per heavy atom. The minimum atomic E-state index is -3.87. The number of amides is 1. The summed E-state index contributed by atoms with van der Waals surface area (Å²) in [6.45, 7) is 8.73. The molecule has 0 heterocycles. The smallest absolute Gasteiger partial charge is 0.255 e. The average molecular weight is 437 g/mol. The van der Waals surface area contributed by atoms with E-state index in [4.69, 9.17) is 0 Å². The molecule has 0 aliphatic carbocycles. The molecule has 0 saturated carbocycles. The van der Waals surface area contributed by atoms with Crippen molar-refractivity contribution < 1.29 is 22.7 Å². The summed E-state index contributed by atoms with van der Waals surface area (Å²) in [5, 5.41) is 12.0. The van der Waals surface area contributed by atoms with Crippen LogP contribution in [0.5, 0.6) is 0 Å². The van der Waals surface area contributed by atoms with Gasteiger partial charge in [0.1, 0.15) is 5.82 Å². The molecule has 3 atom stereocenters. The maximum absolute atomic E-state index is 13.4. The second-order valence-corrected chi connectivity index (χ2v) is 9.54. The van der Waals surface area contributed by atoms with Gasteiger partial charge < -0.3 is 10.4 Å². The number of rotatable bonds is 8. The molecule has 0 fully saturated rings. The van der Waals surface area contributed by atoms with Crippen LogP contribution in [0.25, 0.3) is 0 Å². The monoisotopic (exact) mass is 436 g/mol. The molecule has 1 amide bonds. The lowest BCUT2D eigenvalue weighted by molar-refractivity contribution is 0.102. The van der Waals surface area contributed by atoms with Gasteiger partial charge in [-0.25, -0.2) is 17.5 Å². The van der Waals surface area contributed by atoms with Gasteiger partial charge in [0.15, 0.2) is 0 Å². The Labute approximate surface area is 177 Å². The molecule has 0 aliphatic heterocycles. The van der Waals surface area contributed by atoms with Crippen molar-refractivity contribution >= 4 is 21.6 Å². The maximum Gasteiger partial charge on any atom is 0.255 e. The van der Waals surface area contributed by atoms with Crippen LogP contribution in [-0.4, -0.2) is 32.1 Å². The molecule has 164 valence electrons. The third-order valence-electron chi connectivity index (χ3n) is 5.50. The second kappa shape index (κ2) is 9.68. The molecule has 0 aliphatic rings. The molecule has 0 radical (unpaired) electrons. The molecule has 3 N–H and O–H groups in total. The fourth-order valence-electron chi connectivity index (χ4n) is 3.01. The fourth-order valence-corrected chi connectivity index (χ4v) is 4.37. The van der Waals surface area contributed by atoms with Gasteiger partial charge in [-0.2, -0.15) is 0 Å². The van der Waals surface area contributed by atoms with E-state index in [0.29, 0.717) is 16.8 Å². The number of anilines is 1. The maximum atomic E-state index is 13.4. The topological polar surface area (TPSA) is 95.5 Å². The van der Waals surface area contributed by atoms with Crippen molar-refractivity contribution in [2.75, 3.05) is 11.9 Å². The summed E-state index contributed by atoms with van der Waals surface area (Å²) < 4.78 is 41.7. The van der Waals surface area contributed by atoms with Gasteiger partial charge in [0.25, 0.3) is 5.91 Å². The van der Waals surface area contributed by atoms with E-state index in [-0.39, 0.29) is 34.7 Å². The minimum Gasteiger partial charge on any atom is -0.396 e. The van der Waals surface area contributed by atoms with Gasteiger partial charge in [0.05, 0.1) is 4.90 Å². The number of nitrogens with one attached hydrogen (secondary N) is 2. The molecule has 2 aromatic carbocycles.